The van der Waals surface area contributed by atoms with E-state index in [9.17, 15) is 9.90 Å². The highest BCUT2D eigenvalue weighted by atomic mass is 16.7. The maximum absolute atomic E-state index is 12.5. The Kier molecular flexibility index (Phi) is 3.20. The second kappa shape index (κ2) is 5.60. The van der Waals surface area contributed by atoms with Crippen LogP contribution >= 0.6 is 0 Å². The molecular formula is C19H13N3O5. The van der Waals surface area contributed by atoms with E-state index in [2.05, 4.69) is 9.97 Å². The van der Waals surface area contributed by atoms with Crippen molar-refractivity contribution in [3.63, 3.8) is 0 Å². The van der Waals surface area contributed by atoms with Gasteiger partial charge in [-0.3, -0.25) is 4.40 Å². The fourth-order valence-corrected chi connectivity index (χ4v) is 3.19. The van der Waals surface area contributed by atoms with E-state index in [1.165, 1.54) is 6.07 Å². The molecule has 1 N–H and O–H groups in total. The molecule has 0 spiro atoms. The summed E-state index contributed by atoms with van der Waals surface area (Å²) in [6, 6.07) is 8.48. The van der Waals surface area contributed by atoms with Gasteiger partial charge in [-0.05, 0) is 31.2 Å². The van der Waals surface area contributed by atoms with Crippen LogP contribution < -0.4 is 15.1 Å². The molecule has 4 heterocycles. The minimum absolute atomic E-state index is 0.0220. The Morgan fingerprint density at radius 2 is 2.04 bits per heavy atom. The molecule has 8 nitrogen and oxygen atoms in total. The maximum atomic E-state index is 12.5. The van der Waals surface area contributed by atoms with Crippen molar-refractivity contribution in [3.8, 4) is 39.8 Å². The number of hydrogen-bond donors (Lipinski definition) is 1. The lowest BCUT2D eigenvalue weighted by molar-refractivity contribution is 0.174. The van der Waals surface area contributed by atoms with Crippen molar-refractivity contribution in [3.05, 3.63) is 58.9 Å². The minimum atomic E-state index is -0.653. The van der Waals surface area contributed by atoms with Gasteiger partial charge >= 0.3 is 5.63 Å². The Bertz CT molecular complexity index is 1260. The minimum Gasteiger partial charge on any atom is -0.507 e. The first-order chi connectivity index (χ1) is 13.1. The molecule has 0 unspecified atom stereocenters. The monoisotopic (exact) mass is 363 g/mol. The lowest BCUT2D eigenvalue weighted by Gasteiger charge is -2.07. The van der Waals surface area contributed by atoms with Gasteiger partial charge in [-0.2, -0.15) is 0 Å². The molecular weight excluding hydrogens is 350 g/mol. The second-order valence-corrected chi connectivity index (χ2v) is 6.07. The van der Waals surface area contributed by atoms with Crippen molar-refractivity contribution in [2.45, 2.75) is 6.92 Å². The van der Waals surface area contributed by atoms with E-state index in [0.29, 0.717) is 40.0 Å². The van der Waals surface area contributed by atoms with E-state index in [1.54, 1.807) is 41.9 Å². The predicted molar refractivity (Wildman–Crippen MR) is 94.9 cm³/mol. The number of hydrogen-bond acceptors (Lipinski definition) is 7. The first-order valence-corrected chi connectivity index (χ1v) is 8.19. The molecule has 5 rings (SSSR count). The molecule has 0 bridgehead atoms. The zero-order chi connectivity index (χ0) is 18.5. The summed E-state index contributed by atoms with van der Waals surface area (Å²) in [7, 11) is 0. The molecule has 0 radical (unpaired) electrons. The summed E-state index contributed by atoms with van der Waals surface area (Å²) >= 11 is 0. The predicted octanol–water partition coefficient (Wildman–Crippen LogP) is 2.76. The zero-order valence-electron chi connectivity index (χ0n) is 14.2. The number of ether oxygens (including phenoxy) is 2. The molecule has 1 aliphatic heterocycles. The van der Waals surface area contributed by atoms with Crippen LogP contribution in [0.1, 0.15) is 5.76 Å². The van der Waals surface area contributed by atoms with Crippen LogP contribution in [0.15, 0.2) is 51.9 Å². The summed E-state index contributed by atoms with van der Waals surface area (Å²) in [6.45, 7) is 1.75. The van der Waals surface area contributed by atoms with Gasteiger partial charge in [0.05, 0.1) is 11.4 Å². The fourth-order valence-electron chi connectivity index (χ4n) is 3.19. The number of nitrogens with zero attached hydrogens (tertiary/aromatic N) is 3. The van der Waals surface area contributed by atoms with E-state index >= 15 is 0 Å². The normalized spacial score (nSPS) is 12.6. The van der Waals surface area contributed by atoms with E-state index in [1.807, 2.05) is 6.07 Å². The highest BCUT2D eigenvalue weighted by Crippen LogP contribution is 2.40. The van der Waals surface area contributed by atoms with E-state index in [0.717, 1.165) is 0 Å². The number of aromatic nitrogens is 3. The van der Waals surface area contributed by atoms with Gasteiger partial charge in [-0.1, -0.05) is 0 Å². The van der Waals surface area contributed by atoms with Crippen LogP contribution in [0.3, 0.4) is 0 Å². The smallest absolute Gasteiger partial charge is 0.349 e. The zero-order valence-corrected chi connectivity index (χ0v) is 14.2. The lowest BCUT2D eigenvalue weighted by atomic mass is 10.0. The Hall–Kier alpha value is -3.81. The molecule has 134 valence electrons. The van der Waals surface area contributed by atoms with Crippen LogP contribution in [0.2, 0.25) is 0 Å². The summed E-state index contributed by atoms with van der Waals surface area (Å²) in [6.07, 6.45) is 3.33. The first kappa shape index (κ1) is 15.4. The molecule has 27 heavy (non-hydrogen) atoms. The van der Waals surface area contributed by atoms with Gasteiger partial charge < -0.3 is 19.0 Å². The molecule has 4 aromatic rings. The Morgan fingerprint density at radius 3 is 2.89 bits per heavy atom. The number of rotatable bonds is 2. The van der Waals surface area contributed by atoms with Gasteiger partial charge in [0.15, 0.2) is 11.5 Å². The van der Waals surface area contributed by atoms with Crippen molar-refractivity contribution in [1.29, 1.82) is 0 Å². The van der Waals surface area contributed by atoms with Gasteiger partial charge in [0.25, 0.3) is 0 Å². The number of fused-ring (bicyclic) bond motifs is 2. The average Bonchev–Trinajstić information content (AvgIpc) is 3.25. The summed E-state index contributed by atoms with van der Waals surface area (Å²) in [4.78, 5) is 21.3. The van der Waals surface area contributed by atoms with Crippen molar-refractivity contribution in [2.75, 3.05) is 6.79 Å². The van der Waals surface area contributed by atoms with Crippen LogP contribution in [0.5, 0.6) is 17.2 Å². The largest absolute Gasteiger partial charge is 0.507 e. The summed E-state index contributed by atoms with van der Waals surface area (Å²) < 4.78 is 17.6. The number of benzene rings is 1. The molecule has 1 aromatic carbocycles. The Morgan fingerprint density at radius 1 is 1.19 bits per heavy atom. The third kappa shape index (κ3) is 2.34. The maximum Gasteiger partial charge on any atom is 0.349 e. The van der Waals surface area contributed by atoms with Gasteiger partial charge in [0.2, 0.25) is 12.6 Å². The van der Waals surface area contributed by atoms with E-state index in [-0.39, 0.29) is 18.1 Å². The molecule has 0 atom stereocenters. The highest BCUT2D eigenvalue weighted by molar-refractivity contribution is 5.84. The second-order valence-electron chi connectivity index (χ2n) is 6.07. The molecule has 3 aromatic heterocycles. The van der Waals surface area contributed by atoms with Crippen molar-refractivity contribution < 1.29 is 19.0 Å². The third-order valence-corrected chi connectivity index (χ3v) is 4.34. The van der Waals surface area contributed by atoms with E-state index < -0.39 is 5.63 Å². The molecule has 8 heteroatoms. The third-order valence-electron chi connectivity index (χ3n) is 4.34. The van der Waals surface area contributed by atoms with Crippen LogP contribution in [-0.2, 0) is 0 Å². The molecule has 0 saturated carbocycles. The van der Waals surface area contributed by atoms with Crippen LogP contribution in [-0.4, -0.2) is 26.3 Å². The molecule has 0 fully saturated rings. The standard InChI is InChI=1S/C19H13N3O5/c1-10-7-12(23)15(18(24)27-10)17-16(21-19-20-5-2-6-22(17)19)11-3-4-13-14(8-11)26-9-25-13/h2-8,23H,9H2,1H3. The number of aromatic hydroxyl groups is 1. The number of imidazole rings is 1. The fraction of sp³-hybridized carbons (Fsp3) is 0.105. The molecule has 1 aliphatic rings. The Labute approximate surface area is 152 Å². The van der Waals surface area contributed by atoms with Crippen LogP contribution in [0.25, 0.3) is 28.3 Å². The molecule has 0 saturated heterocycles. The van der Waals surface area contributed by atoms with Crippen LogP contribution in [0.4, 0.5) is 0 Å². The summed E-state index contributed by atoms with van der Waals surface area (Å²) in [5.41, 5.74) is 0.926. The van der Waals surface area contributed by atoms with Crippen molar-refractivity contribution in [2.24, 2.45) is 0 Å². The highest BCUT2D eigenvalue weighted by Gasteiger charge is 2.24. The van der Waals surface area contributed by atoms with Gasteiger partial charge in [-0.15, -0.1) is 0 Å². The summed E-state index contributed by atoms with van der Waals surface area (Å²) in [5, 5.41) is 10.5. The molecule has 0 aliphatic carbocycles. The first-order valence-electron chi connectivity index (χ1n) is 8.19. The summed E-state index contributed by atoms with van der Waals surface area (Å²) in [5.74, 6) is 1.75. The molecule has 0 amide bonds. The van der Waals surface area contributed by atoms with Gasteiger partial charge in [-0.25, -0.2) is 14.8 Å². The van der Waals surface area contributed by atoms with Gasteiger partial charge in [0, 0.05) is 24.0 Å². The lowest BCUT2D eigenvalue weighted by Crippen LogP contribution is -2.06. The van der Waals surface area contributed by atoms with Crippen molar-refractivity contribution in [1.82, 2.24) is 14.4 Å². The number of aryl methyl sites for hydroxylation is 1. The van der Waals surface area contributed by atoms with E-state index in [4.69, 9.17) is 13.9 Å². The topological polar surface area (TPSA) is 99.1 Å². The average molecular weight is 363 g/mol. The van der Waals surface area contributed by atoms with Crippen molar-refractivity contribution >= 4 is 5.78 Å². The van der Waals surface area contributed by atoms with Gasteiger partial charge in [0.1, 0.15) is 17.1 Å². The Balaban J connectivity index is 1.85. The SMILES string of the molecule is Cc1cc(O)c(-c2c(-c3ccc4c(c3)OCO4)nc3ncccn23)c(=O)o1. The van der Waals surface area contributed by atoms with Crippen LogP contribution in [0, 0.1) is 6.92 Å². The quantitative estimate of drug-likeness (QED) is 0.584.